The number of aliphatic carboxylic acids is 1. The normalized spacial score (nSPS) is 21.1. The largest absolute Gasteiger partial charge is 0.479 e. The minimum atomic E-state index is -1.35. The van der Waals surface area contributed by atoms with E-state index in [1.807, 2.05) is 36.4 Å². The van der Waals surface area contributed by atoms with Gasteiger partial charge in [-0.15, -0.1) is 0 Å². The topological polar surface area (TPSA) is 58.9 Å². The minimum absolute atomic E-state index is 0.0105. The van der Waals surface area contributed by atoms with Gasteiger partial charge in [0, 0.05) is 5.56 Å². The summed E-state index contributed by atoms with van der Waals surface area (Å²) in [5.74, 6) is -0.633. The van der Waals surface area contributed by atoms with E-state index >= 15 is 0 Å². The molecule has 3 rings (SSSR count). The summed E-state index contributed by atoms with van der Waals surface area (Å²) in [7, 11) is 0. The maximum Gasteiger partial charge on any atom is 0.340 e. The fraction of sp³-hybridized carbons (Fsp3) is 0.125. The lowest BCUT2D eigenvalue weighted by Gasteiger charge is -2.18. The summed E-state index contributed by atoms with van der Waals surface area (Å²) < 4.78 is 5.54. The van der Waals surface area contributed by atoms with E-state index < -0.39 is 11.5 Å². The maximum atomic E-state index is 11.7. The second kappa shape index (κ2) is 4.81. The number of hydrogen-bond donors (Lipinski definition) is 1. The van der Waals surface area contributed by atoms with Crippen LogP contribution < -0.4 is 0 Å². The predicted octanol–water partition coefficient (Wildman–Crippen LogP) is 2.44. The molecule has 100 valence electrons. The molecule has 0 bridgehead atoms. The molecule has 0 saturated carbocycles. The van der Waals surface area contributed by atoms with Crippen molar-refractivity contribution in [3.63, 3.8) is 0 Å². The van der Waals surface area contributed by atoms with Gasteiger partial charge in [-0.2, -0.15) is 0 Å². The van der Waals surface area contributed by atoms with Gasteiger partial charge in [0.1, 0.15) is 6.61 Å². The van der Waals surface area contributed by atoms with Gasteiger partial charge in [-0.25, -0.2) is 9.79 Å². The first-order chi connectivity index (χ1) is 9.72. The predicted molar refractivity (Wildman–Crippen MR) is 74.7 cm³/mol. The van der Waals surface area contributed by atoms with Crippen molar-refractivity contribution in [3.8, 4) is 0 Å². The Morgan fingerprint density at radius 3 is 2.25 bits per heavy atom. The second-order valence-corrected chi connectivity index (χ2v) is 4.60. The Labute approximate surface area is 116 Å². The SMILES string of the molecule is O=C(O)C1(c2ccccc2)COC(c2ccccc2)=N1. The summed E-state index contributed by atoms with van der Waals surface area (Å²) in [6.07, 6.45) is 0. The molecule has 4 nitrogen and oxygen atoms in total. The summed E-state index contributed by atoms with van der Waals surface area (Å²) >= 11 is 0. The van der Waals surface area contributed by atoms with E-state index in [2.05, 4.69) is 4.99 Å². The van der Waals surface area contributed by atoms with E-state index in [1.54, 1.807) is 24.3 Å². The molecule has 0 saturated heterocycles. The summed E-state index contributed by atoms with van der Waals surface area (Å²) in [4.78, 5) is 16.1. The number of benzene rings is 2. The summed E-state index contributed by atoms with van der Waals surface area (Å²) in [5.41, 5.74) is 0.0527. The van der Waals surface area contributed by atoms with Crippen LogP contribution in [0.5, 0.6) is 0 Å². The molecular formula is C16H13NO3. The number of nitrogens with zero attached hydrogens (tertiary/aromatic N) is 1. The highest BCUT2D eigenvalue weighted by Gasteiger charge is 2.46. The zero-order chi connectivity index (χ0) is 14.0. The number of carbonyl (C=O) groups is 1. The third-order valence-electron chi connectivity index (χ3n) is 3.34. The van der Waals surface area contributed by atoms with Crippen LogP contribution in [0.4, 0.5) is 0 Å². The Balaban J connectivity index is 2.07. The fourth-order valence-corrected chi connectivity index (χ4v) is 2.23. The van der Waals surface area contributed by atoms with Crippen LogP contribution in [0.25, 0.3) is 0 Å². The van der Waals surface area contributed by atoms with Gasteiger partial charge in [0.2, 0.25) is 11.4 Å². The Morgan fingerprint density at radius 1 is 1.05 bits per heavy atom. The second-order valence-electron chi connectivity index (χ2n) is 4.60. The monoisotopic (exact) mass is 267 g/mol. The Hall–Kier alpha value is -2.62. The van der Waals surface area contributed by atoms with Crippen molar-refractivity contribution < 1.29 is 14.6 Å². The molecule has 0 aromatic heterocycles. The first kappa shape index (κ1) is 12.4. The lowest BCUT2D eigenvalue weighted by molar-refractivity contribution is -0.144. The van der Waals surface area contributed by atoms with E-state index in [0.717, 1.165) is 5.56 Å². The molecule has 0 spiro atoms. The Bertz CT molecular complexity index is 652. The van der Waals surface area contributed by atoms with Crippen LogP contribution >= 0.6 is 0 Å². The van der Waals surface area contributed by atoms with Crippen molar-refractivity contribution in [2.45, 2.75) is 5.54 Å². The fourth-order valence-electron chi connectivity index (χ4n) is 2.23. The van der Waals surface area contributed by atoms with Crippen LogP contribution in [0.15, 0.2) is 65.7 Å². The van der Waals surface area contributed by atoms with Gasteiger partial charge >= 0.3 is 5.97 Å². The highest BCUT2D eigenvalue weighted by Crippen LogP contribution is 2.32. The number of rotatable bonds is 3. The van der Waals surface area contributed by atoms with Gasteiger partial charge in [-0.3, -0.25) is 0 Å². The molecule has 0 radical (unpaired) electrons. The van der Waals surface area contributed by atoms with Crippen molar-refractivity contribution in [1.82, 2.24) is 0 Å². The van der Waals surface area contributed by atoms with E-state index in [9.17, 15) is 9.90 Å². The molecule has 1 aliphatic heterocycles. The molecule has 1 N–H and O–H groups in total. The molecule has 1 aliphatic rings. The van der Waals surface area contributed by atoms with Gasteiger partial charge in [0.25, 0.3) is 0 Å². The van der Waals surface area contributed by atoms with Crippen molar-refractivity contribution in [3.05, 3.63) is 71.8 Å². The smallest absolute Gasteiger partial charge is 0.340 e. The standard InChI is InChI=1S/C16H13NO3/c18-15(19)16(13-9-5-2-6-10-13)11-20-14(17-16)12-7-3-1-4-8-12/h1-10H,11H2,(H,18,19). The lowest BCUT2D eigenvalue weighted by Crippen LogP contribution is -2.35. The molecular weight excluding hydrogens is 254 g/mol. The third kappa shape index (κ3) is 1.95. The van der Waals surface area contributed by atoms with Crippen LogP contribution in [0.3, 0.4) is 0 Å². The quantitative estimate of drug-likeness (QED) is 0.929. The average molecular weight is 267 g/mol. The molecule has 1 atom stereocenters. The van der Waals surface area contributed by atoms with Gasteiger partial charge in [-0.05, 0) is 17.7 Å². The number of carboxylic acid groups (broad SMARTS) is 1. The summed E-state index contributed by atoms with van der Waals surface area (Å²) in [5, 5.41) is 9.59. The van der Waals surface area contributed by atoms with Crippen LogP contribution in [-0.4, -0.2) is 23.6 Å². The van der Waals surface area contributed by atoms with Gasteiger partial charge in [0.15, 0.2) is 0 Å². The zero-order valence-corrected chi connectivity index (χ0v) is 10.7. The van der Waals surface area contributed by atoms with Crippen LogP contribution in [0.2, 0.25) is 0 Å². The van der Waals surface area contributed by atoms with E-state index in [4.69, 9.17) is 4.74 Å². The lowest BCUT2D eigenvalue weighted by atomic mass is 9.92. The van der Waals surface area contributed by atoms with Gasteiger partial charge in [-0.1, -0.05) is 48.5 Å². The third-order valence-corrected chi connectivity index (χ3v) is 3.34. The number of ether oxygens (including phenoxy) is 1. The van der Waals surface area contributed by atoms with Crippen LogP contribution in [0.1, 0.15) is 11.1 Å². The number of carboxylic acids is 1. The van der Waals surface area contributed by atoms with E-state index in [-0.39, 0.29) is 6.61 Å². The van der Waals surface area contributed by atoms with Crippen molar-refractivity contribution >= 4 is 11.9 Å². The number of hydrogen-bond acceptors (Lipinski definition) is 3. The van der Waals surface area contributed by atoms with Crippen LogP contribution in [0, 0.1) is 0 Å². The van der Waals surface area contributed by atoms with Gasteiger partial charge < -0.3 is 9.84 Å². The van der Waals surface area contributed by atoms with E-state index in [1.165, 1.54) is 0 Å². The molecule has 0 aliphatic carbocycles. The Kier molecular flexibility index (Phi) is 2.99. The molecule has 0 fully saturated rings. The molecule has 2 aromatic carbocycles. The maximum absolute atomic E-state index is 11.7. The van der Waals surface area contributed by atoms with E-state index in [0.29, 0.717) is 11.5 Å². The van der Waals surface area contributed by atoms with Crippen molar-refractivity contribution in [2.75, 3.05) is 6.61 Å². The first-order valence-corrected chi connectivity index (χ1v) is 6.29. The highest BCUT2D eigenvalue weighted by molar-refractivity contribution is 5.99. The molecule has 4 heteroatoms. The molecule has 0 amide bonds. The average Bonchev–Trinajstić information content (AvgIpc) is 2.96. The molecule has 20 heavy (non-hydrogen) atoms. The summed E-state index contributed by atoms with van der Waals surface area (Å²) in [6, 6.07) is 18.3. The first-order valence-electron chi connectivity index (χ1n) is 6.29. The van der Waals surface area contributed by atoms with Gasteiger partial charge in [0.05, 0.1) is 0 Å². The number of aliphatic imine (C=N–C) groups is 1. The van der Waals surface area contributed by atoms with Crippen molar-refractivity contribution in [2.24, 2.45) is 4.99 Å². The van der Waals surface area contributed by atoms with Crippen molar-refractivity contribution in [1.29, 1.82) is 0 Å². The molecule has 1 unspecified atom stereocenters. The molecule has 1 heterocycles. The minimum Gasteiger partial charge on any atom is -0.479 e. The Morgan fingerprint density at radius 2 is 1.65 bits per heavy atom. The zero-order valence-electron chi connectivity index (χ0n) is 10.7. The highest BCUT2D eigenvalue weighted by atomic mass is 16.5. The molecule has 2 aromatic rings. The summed E-state index contributed by atoms with van der Waals surface area (Å²) in [6.45, 7) is 0.0105. The van der Waals surface area contributed by atoms with Crippen LogP contribution in [-0.2, 0) is 15.1 Å².